The van der Waals surface area contributed by atoms with Crippen LogP contribution in [0.3, 0.4) is 0 Å². The molecule has 0 saturated carbocycles. The minimum atomic E-state index is -0.409. The van der Waals surface area contributed by atoms with Crippen molar-refractivity contribution in [3.8, 4) is 0 Å². The maximum Gasteiger partial charge on any atom is 0.0852 e. The van der Waals surface area contributed by atoms with Crippen LogP contribution in [-0.4, -0.2) is 5.11 Å². The fourth-order valence-electron chi connectivity index (χ4n) is 1.64. The predicted octanol–water partition coefficient (Wildman–Crippen LogP) is 3.32. The predicted molar refractivity (Wildman–Crippen MR) is 60.0 cm³/mol. The number of rotatable bonds is 5. The van der Waals surface area contributed by atoms with Gasteiger partial charge in [0.15, 0.2) is 0 Å². The van der Waals surface area contributed by atoms with Crippen LogP contribution in [-0.2, 0) is 0 Å². The quantitative estimate of drug-likeness (QED) is 0.706. The van der Waals surface area contributed by atoms with Crippen LogP contribution in [0.4, 0.5) is 0 Å². The molecule has 0 aliphatic heterocycles. The lowest BCUT2D eigenvalue weighted by Crippen LogP contribution is -2.09. The average molecular weight is 190 g/mol. The van der Waals surface area contributed by atoms with Crippen LogP contribution < -0.4 is 0 Å². The zero-order valence-electron chi connectivity index (χ0n) is 8.69. The van der Waals surface area contributed by atoms with Crippen molar-refractivity contribution < 1.29 is 5.11 Å². The van der Waals surface area contributed by atoms with Crippen molar-refractivity contribution >= 4 is 0 Å². The first kappa shape index (κ1) is 11.0. The molecule has 0 aliphatic rings. The molecule has 14 heavy (non-hydrogen) atoms. The summed E-state index contributed by atoms with van der Waals surface area (Å²) in [5.74, 6) is 0.169. The third-order valence-corrected chi connectivity index (χ3v) is 2.47. The van der Waals surface area contributed by atoms with E-state index in [1.165, 1.54) is 0 Å². The maximum absolute atomic E-state index is 10.0. The molecule has 0 heterocycles. The number of benzene rings is 1. The minimum Gasteiger partial charge on any atom is -0.388 e. The first-order valence-corrected chi connectivity index (χ1v) is 5.15. The SMILES string of the molecule is C=C[C@H](CCC)[C@H](O)c1ccccc1. The largest absolute Gasteiger partial charge is 0.388 e. The molecule has 76 valence electrons. The molecule has 0 fully saturated rings. The molecule has 0 saturated heterocycles. The Morgan fingerprint density at radius 3 is 2.50 bits per heavy atom. The van der Waals surface area contributed by atoms with E-state index in [1.807, 2.05) is 36.4 Å². The summed E-state index contributed by atoms with van der Waals surface area (Å²) in [6.07, 6.45) is 3.50. The van der Waals surface area contributed by atoms with Crippen molar-refractivity contribution in [2.24, 2.45) is 5.92 Å². The fourth-order valence-corrected chi connectivity index (χ4v) is 1.64. The normalized spacial score (nSPS) is 14.7. The Bertz CT molecular complexity index is 266. The van der Waals surface area contributed by atoms with Crippen LogP contribution in [0.25, 0.3) is 0 Å². The van der Waals surface area contributed by atoms with E-state index in [4.69, 9.17) is 0 Å². The van der Waals surface area contributed by atoms with Gasteiger partial charge >= 0.3 is 0 Å². The molecular formula is C13H18O. The summed E-state index contributed by atoms with van der Waals surface area (Å²) >= 11 is 0. The summed E-state index contributed by atoms with van der Waals surface area (Å²) in [6.45, 7) is 5.89. The van der Waals surface area contributed by atoms with Crippen molar-refractivity contribution in [2.45, 2.75) is 25.9 Å². The molecule has 1 aromatic rings. The van der Waals surface area contributed by atoms with Gasteiger partial charge in [-0.3, -0.25) is 0 Å². The van der Waals surface area contributed by atoms with E-state index in [2.05, 4.69) is 13.5 Å². The third-order valence-electron chi connectivity index (χ3n) is 2.47. The van der Waals surface area contributed by atoms with Gasteiger partial charge in [-0.15, -0.1) is 6.58 Å². The molecule has 1 aromatic carbocycles. The van der Waals surface area contributed by atoms with Gasteiger partial charge in [0, 0.05) is 5.92 Å². The van der Waals surface area contributed by atoms with Gasteiger partial charge in [-0.2, -0.15) is 0 Å². The zero-order valence-corrected chi connectivity index (χ0v) is 8.69. The highest BCUT2D eigenvalue weighted by atomic mass is 16.3. The second-order valence-electron chi connectivity index (χ2n) is 3.54. The van der Waals surface area contributed by atoms with Gasteiger partial charge in [0.05, 0.1) is 6.10 Å². The Morgan fingerprint density at radius 1 is 1.36 bits per heavy atom. The molecule has 1 rings (SSSR count). The van der Waals surface area contributed by atoms with Gasteiger partial charge in [-0.25, -0.2) is 0 Å². The average Bonchev–Trinajstić information content (AvgIpc) is 2.26. The molecule has 0 amide bonds. The summed E-state index contributed by atoms with van der Waals surface area (Å²) < 4.78 is 0. The smallest absolute Gasteiger partial charge is 0.0852 e. The lowest BCUT2D eigenvalue weighted by molar-refractivity contribution is 0.126. The Labute approximate surface area is 86.1 Å². The van der Waals surface area contributed by atoms with E-state index in [9.17, 15) is 5.11 Å². The zero-order chi connectivity index (χ0) is 10.4. The molecule has 2 atom stereocenters. The Balaban J connectivity index is 2.72. The summed E-state index contributed by atoms with van der Waals surface area (Å²) in [5.41, 5.74) is 0.978. The van der Waals surface area contributed by atoms with Gasteiger partial charge in [0.25, 0.3) is 0 Å². The van der Waals surface area contributed by atoms with Gasteiger partial charge < -0.3 is 5.11 Å². The highest BCUT2D eigenvalue weighted by molar-refractivity contribution is 5.18. The van der Waals surface area contributed by atoms with Gasteiger partial charge in [0.1, 0.15) is 0 Å². The van der Waals surface area contributed by atoms with Crippen molar-refractivity contribution in [3.63, 3.8) is 0 Å². The van der Waals surface area contributed by atoms with Crippen LogP contribution >= 0.6 is 0 Å². The van der Waals surface area contributed by atoms with E-state index in [-0.39, 0.29) is 5.92 Å². The second kappa shape index (κ2) is 5.61. The van der Waals surface area contributed by atoms with E-state index >= 15 is 0 Å². The standard InChI is InChI=1S/C13H18O/c1-3-8-11(4-2)13(14)12-9-6-5-7-10-12/h4-7,9-11,13-14H,2-3,8H2,1H3/t11-,13+/m1/s1. The molecule has 0 unspecified atom stereocenters. The van der Waals surface area contributed by atoms with Crippen LogP contribution in [0.1, 0.15) is 31.4 Å². The van der Waals surface area contributed by atoms with Crippen LogP contribution in [0, 0.1) is 5.92 Å². The number of hydrogen-bond donors (Lipinski definition) is 1. The summed E-state index contributed by atoms with van der Waals surface area (Å²) in [5, 5.41) is 10.0. The Hall–Kier alpha value is -1.08. The maximum atomic E-state index is 10.0. The van der Waals surface area contributed by atoms with Crippen molar-refractivity contribution in [1.29, 1.82) is 0 Å². The molecule has 0 aromatic heterocycles. The first-order chi connectivity index (χ1) is 6.79. The van der Waals surface area contributed by atoms with Crippen LogP contribution in [0.5, 0.6) is 0 Å². The molecular weight excluding hydrogens is 172 g/mol. The lowest BCUT2D eigenvalue weighted by Gasteiger charge is -2.19. The number of hydrogen-bond acceptors (Lipinski definition) is 1. The first-order valence-electron chi connectivity index (χ1n) is 5.15. The molecule has 0 aliphatic carbocycles. The third kappa shape index (κ3) is 2.71. The minimum absolute atomic E-state index is 0.169. The number of aliphatic hydroxyl groups is 1. The van der Waals surface area contributed by atoms with Gasteiger partial charge in [-0.1, -0.05) is 49.8 Å². The van der Waals surface area contributed by atoms with Gasteiger partial charge in [-0.05, 0) is 12.0 Å². The van der Waals surface area contributed by atoms with E-state index in [1.54, 1.807) is 0 Å². The van der Waals surface area contributed by atoms with Crippen molar-refractivity contribution in [3.05, 3.63) is 48.6 Å². The Morgan fingerprint density at radius 2 is 2.00 bits per heavy atom. The second-order valence-corrected chi connectivity index (χ2v) is 3.54. The summed E-state index contributed by atoms with van der Waals surface area (Å²) in [6, 6.07) is 9.77. The monoisotopic (exact) mass is 190 g/mol. The summed E-state index contributed by atoms with van der Waals surface area (Å²) in [4.78, 5) is 0. The molecule has 0 bridgehead atoms. The van der Waals surface area contributed by atoms with Gasteiger partial charge in [0.2, 0.25) is 0 Å². The van der Waals surface area contributed by atoms with Crippen molar-refractivity contribution in [1.82, 2.24) is 0 Å². The highest BCUT2D eigenvalue weighted by Crippen LogP contribution is 2.26. The molecule has 0 radical (unpaired) electrons. The Kier molecular flexibility index (Phi) is 4.41. The molecule has 1 nitrogen and oxygen atoms in total. The topological polar surface area (TPSA) is 20.2 Å². The molecule has 1 N–H and O–H groups in total. The number of aliphatic hydroxyl groups excluding tert-OH is 1. The van der Waals surface area contributed by atoms with E-state index in [0.717, 1.165) is 18.4 Å². The van der Waals surface area contributed by atoms with E-state index < -0.39 is 6.10 Å². The lowest BCUT2D eigenvalue weighted by atomic mass is 9.92. The van der Waals surface area contributed by atoms with Crippen molar-refractivity contribution in [2.75, 3.05) is 0 Å². The van der Waals surface area contributed by atoms with Crippen LogP contribution in [0.15, 0.2) is 43.0 Å². The van der Waals surface area contributed by atoms with Crippen LogP contribution in [0.2, 0.25) is 0 Å². The summed E-state index contributed by atoms with van der Waals surface area (Å²) in [7, 11) is 0. The van der Waals surface area contributed by atoms with E-state index in [0.29, 0.717) is 0 Å². The highest BCUT2D eigenvalue weighted by Gasteiger charge is 2.16. The fraction of sp³-hybridized carbons (Fsp3) is 0.385. The molecule has 0 spiro atoms. The molecule has 1 heteroatoms.